The van der Waals surface area contributed by atoms with Gasteiger partial charge in [0.05, 0.1) is 6.04 Å². The SMILES string of the molecule is CN(C(=O)[C@H](N)Cc1ccccc1)C1CCCCCC1. The summed E-state index contributed by atoms with van der Waals surface area (Å²) in [5, 5.41) is 0. The van der Waals surface area contributed by atoms with Crippen LogP contribution >= 0.6 is 0 Å². The van der Waals surface area contributed by atoms with Gasteiger partial charge >= 0.3 is 0 Å². The van der Waals surface area contributed by atoms with Gasteiger partial charge in [0.2, 0.25) is 5.91 Å². The summed E-state index contributed by atoms with van der Waals surface area (Å²) in [6.07, 6.45) is 7.94. The van der Waals surface area contributed by atoms with Crippen LogP contribution in [0.2, 0.25) is 0 Å². The Morgan fingerprint density at radius 3 is 2.40 bits per heavy atom. The second-order valence-electron chi connectivity index (χ2n) is 5.89. The van der Waals surface area contributed by atoms with Crippen LogP contribution in [0.15, 0.2) is 30.3 Å². The Hall–Kier alpha value is -1.35. The van der Waals surface area contributed by atoms with E-state index in [1.165, 1.54) is 25.7 Å². The minimum absolute atomic E-state index is 0.0840. The first-order chi connectivity index (χ1) is 9.68. The number of carbonyl (C=O) groups is 1. The quantitative estimate of drug-likeness (QED) is 0.858. The highest BCUT2D eigenvalue weighted by atomic mass is 16.2. The number of amides is 1. The average molecular weight is 274 g/mol. The Morgan fingerprint density at radius 2 is 1.80 bits per heavy atom. The van der Waals surface area contributed by atoms with Crippen molar-refractivity contribution < 1.29 is 4.79 Å². The maximum atomic E-state index is 12.5. The monoisotopic (exact) mass is 274 g/mol. The Labute approximate surface area is 122 Å². The third-order valence-corrected chi connectivity index (χ3v) is 4.34. The molecule has 2 rings (SSSR count). The lowest BCUT2D eigenvalue weighted by Crippen LogP contribution is -2.47. The molecule has 3 heteroatoms. The number of likely N-dealkylation sites (N-methyl/N-ethyl adjacent to an activating group) is 1. The van der Waals surface area contributed by atoms with Crippen molar-refractivity contribution in [3.05, 3.63) is 35.9 Å². The summed E-state index contributed by atoms with van der Waals surface area (Å²) in [7, 11) is 1.92. The minimum Gasteiger partial charge on any atom is -0.341 e. The summed E-state index contributed by atoms with van der Waals surface area (Å²) >= 11 is 0. The van der Waals surface area contributed by atoms with E-state index in [-0.39, 0.29) is 5.91 Å². The molecule has 1 aromatic carbocycles. The molecule has 0 heterocycles. The molecule has 0 aromatic heterocycles. The topological polar surface area (TPSA) is 46.3 Å². The molecule has 0 radical (unpaired) electrons. The fourth-order valence-electron chi connectivity index (χ4n) is 3.04. The smallest absolute Gasteiger partial charge is 0.239 e. The van der Waals surface area contributed by atoms with E-state index in [4.69, 9.17) is 5.73 Å². The first-order valence-corrected chi connectivity index (χ1v) is 7.74. The highest BCUT2D eigenvalue weighted by molar-refractivity contribution is 5.82. The third kappa shape index (κ3) is 4.07. The van der Waals surface area contributed by atoms with Gasteiger partial charge in [0.15, 0.2) is 0 Å². The minimum atomic E-state index is -0.425. The number of rotatable bonds is 4. The summed E-state index contributed by atoms with van der Waals surface area (Å²) in [6, 6.07) is 9.97. The molecule has 0 bridgehead atoms. The first-order valence-electron chi connectivity index (χ1n) is 7.74. The Balaban J connectivity index is 1.91. The highest BCUT2D eigenvalue weighted by Gasteiger charge is 2.25. The summed E-state index contributed by atoms with van der Waals surface area (Å²) in [4.78, 5) is 14.4. The van der Waals surface area contributed by atoms with Gasteiger partial charge in [0, 0.05) is 13.1 Å². The average Bonchev–Trinajstić information content (AvgIpc) is 2.75. The molecule has 0 spiro atoms. The van der Waals surface area contributed by atoms with Gasteiger partial charge in [-0.1, -0.05) is 56.0 Å². The van der Waals surface area contributed by atoms with Crippen LogP contribution in [-0.2, 0) is 11.2 Å². The van der Waals surface area contributed by atoms with E-state index < -0.39 is 6.04 Å². The lowest BCUT2D eigenvalue weighted by atomic mass is 10.0. The van der Waals surface area contributed by atoms with Crippen LogP contribution in [-0.4, -0.2) is 29.9 Å². The number of hydrogen-bond acceptors (Lipinski definition) is 2. The van der Waals surface area contributed by atoms with Crippen LogP contribution < -0.4 is 5.73 Å². The van der Waals surface area contributed by atoms with Gasteiger partial charge in [-0.05, 0) is 24.8 Å². The highest BCUT2D eigenvalue weighted by Crippen LogP contribution is 2.21. The number of hydrogen-bond donors (Lipinski definition) is 1. The third-order valence-electron chi connectivity index (χ3n) is 4.34. The molecule has 1 aliphatic carbocycles. The van der Waals surface area contributed by atoms with Crippen LogP contribution in [0.5, 0.6) is 0 Å². The van der Waals surface area contributed by atoms with Crippen molar-refractivity contribution in [2.45, 2.75) is 57.0 Å². The summed E-state index contributed by atoms with van der Waals surface area (Å²) in [5.41, 5.74) is 7.23. The zero-order chi connectivity index (χ0) is 14.4. The van der Waals surface area contributed by atoms with E-state index in [9.17, 15) is 4.79 Å². The number of carbonyl (C=O) groups excluding carboxylic acids is 1. The van der Waals surface area contributed by atoms with Gasteiger partial charge in [0.1, 0.15) is 0 Å². The number of nitrogens with zero attached hydrogens (tertiary/aromatic N) is 1. The van der Waals surface area contributed by atoms with Crippen LogP contribution in [0.25, 0.3) is 0 Å². The largest absolute Gasteiger partial charge is 0.341 e. The van der Waals surface area contributed by atoms with E-state index in [2.05, 4.69) is 0 Å². The molecule has 1 amide bonds. The molecule has 110 valence electrons. The molecule has 1 saturated carbocycles. The van der Waals surface area contributed by atoms with Gasteiger partial charge in [-0.2, -0.15) is 0 Å². The standard InChI is InChI=1S/C17H26N2O/c1-19(15-11-7-2-3-8-12-15)17(20)16(18)13-14-9-5-4-6-10-14/h4-6,9-10,15-16H,2-3,7-8,11-13,18H2,1H3/t16-/m1/s1. The fraction of sp³-hybridized carbons (Fsp3) is 0.588. The second kappa shape index (κ2) is 7.44. The van der Waals surface area contributed by atoms with Crippen molar-refractivity contribution in [1.82, 2.24) is 4.90 Å². The molecule has 0 aliphatic heterocycles. The predicted molar refractivity (Wildman–Crippen MR) is 82.4 cm³/mol. The summed E-state index contributed by atoms with van der Waals surface area (Å²) in [6.45, 7) is 0. The van der Waals surface area contributed by atoms with Crippen molar-refractivity contribution in [3.63, 3.8) is 0 Å². The zero-order valence-electron chi connectivity index (χ0n) is 12.4. The van der Waals surface area contributed by atoms with Crippen molar-refractivity contribution in [2.24, 2.45) is 5.73 Å². The van der Waals surface area contributed by atoms with Gasteiger partial charge in [-0.3, -0.25) is 4.79 Å². The van der Waals surface area contributed by atoms with E-state index >= 15 is 0 Å². The summed E-state index contributed by atoms with van der Waals surface area (Å²) in [5.74, 6) is 0.0840. The van der Waals surface area contributed by atoms with E-state index in [1.807, 2.05) is 42.3 Å². The lowest BCUT2D eigenvalue weighted by molar-refractivity contribution is -0.133. The molecule has 2 N–H and O–H groups in total. The maximum Gasteiger partial charge on any atom is 0.239 e. The van der Waals surface area contributed by atoms with Crippen LogP contribution in [0, 0.1) is 0 Å². The number of benzene rings is 1. The normalized spacial score (nSPS) is 18.3. The van der Waals surface area contributed by atoms with Crippen LogP contribution in [0.4, 0.5) is 0 Å². The van der Waals surface area contributed by atoms with Crippen LogP contribution in [0.1, 0.15) is 44.1 Å². The molecule has 1 atom stereocenters. The molecule has 20 heavy (non-hydrogen) atoms. The molecule has 0 unspecified atom stereocenters. The van der Waals surface area contributed by atoms with Crippen LogP contribution in [0.3, 0.4) is 0 Å². The molecule has 1 aromatic rings. The summed E-state index contributed by atoms with van der Waals surface area (Å²) < 4.78 is 0. The van der Waals surface area contributed by atoms with E-state index in [0.29, 0.717) is 12.5 Å². The van der Waals surface area contributed by atoms with Crippen molar-refractivity contribution >= 4 is 5.91 Å². The van der Waals surface area contributed by atoms with Crippen molar-refractivity contribution in [1.29, 1.82) is 0 Å². The molecular formula is C17H26N2O. The first kappa shape index (κ1) is 15.0. The van der Waals surface area contributed by atoms with E-state index in [0.717, 1.165) is 18.4 Å². The van der Waals surface area contributed by atoms with E-state index in [1.54, 1.807) is 0 Å². The predicted octanol–water partition coefficient (Wildman–Crippen LogP) is 2.74. The Morgan fingerprint density at radius 1 is 1.20 bits per heavy atom. The van der Waals surface area contributed by atoms with Gasteiger partial charge in [-0.15, -0.1) is 0 Å². The van der Waals surface area contributed by atoms with Crippen molar-refractivity contribution in [3.8, 4) is 0 Å². The molecule has 3 nitrogen and oxygen atoms in total. The fourth-order valence-corrected chi connectivity index (χ4v) is 3.04. The molecule has 1 fully saturated rings. The molecule has 1 aliphatic rings. The Bertz CT molecular complexity index is 410. The second-order valence-corrected chi connectivity index (χ2v) is 5.89. The maximum absolute atomic E-state index is 12.5. The van der Waals surface area contributed by atoms with Gasteiger partial charge in [0.25, 0.3) is 0 Å². The lowest BCUT2D eigenvalue weighted by Gasteiger charge is -2.29. The Kier molecular flexibility index (Phi) is 5.60. The zero-order valence-corrected chi connectivity index (χ0v) is 12.4. The molecule has 0 saturated heterocycles. The van der Waals surface area contributed by atoms with Gasteiger partial charge < -0.3 is 10.6 Å². The van der Waals surface area contributed by atoms with Crippen molar-refractivity contribution in [2.75, 3.05) is 7.05 Å². The number of nitrogens with two attached hydrogens (primary N) is 1. The molecular weight excluding hydrogens is 248 g/mol. The van der Waals surface area contributed by atoms with Gasteiger partial charge in [-0.25, -0.2) is 0 Å².